The Labute approximate surface area is 183 Å². The van der Waals surface area contributed by atoms with Gasteiger partial charge in [-0.05, 0) is 50.6 Å². The summed E-state index contributed by atoms with van der Waals surface area (Å²) in [5.41, 5.74) is -0.395. The Morgan fingerprint density at radius 3 is 2.38 bits per heavy atom. The number of aromatic nitrogens is 1. The van der Waals surface area contributed by atoms with Crippen LogP contribution < -0.4 is 5.32 Å². The molecule has 7 nitrogen and oxygen atoms in total. The highest BCUT2D eigenvalue weighted by Crippen LogP contribution is 2.28. The van der Waals surface area contributed by atoms with E-state index in [9.17, 15) is 22.8 Å². The molecule has 1 N–H and O–H groups in total. The van der Waals surface area contributed by atoms with Crippen molar-refractivity contribution in [1.29, 1.82) is 0 Å². The van der Waals surface area contributed by atoms with Crippen LogP contribution in [0.25, 0.3) is 0 Å². The minimum Gasteiger partial charge on any atom is -0.444 e. The molecule has 10 heteroatoms. The third-order valence-corrected chi connectivity index (χ3v) is 4.58. The number of carbonyl (C=O) groups is 2. The largest absolute Gasteiger partial charge is 0.444 e. The molecule has 2 amide bonds. The summed E-state index contributed by atoms with van der Waals surface area (Å²) in [6.45, 7) is 6.53. The maximum absolute atomic E-state index is 12.6. The second-order valence-corrected chi connectivity index (χ2v) is 8.29. The molecule has 1 saturated heterocycles. The van der Waals surface area contributed by atoms with Gasteiger partial charge in [0.05, 0.1) is 18.7 Å². The van der Waals surface area contributed by atoms with Gasteiger partial charge in [-0.3, -0.25) is 9.78 Å². The van der Waals surface area contributed by atoms with Gasteiger partial charge in [-0.2, -0.15) is 13.2 Å². The maximum Gasteiger partial charge on any atom is 0.417 e. The molecule has 1 aliphatic heterocycles. The number of morpholine rings is 1. The summed E-state index contributed by atoms with van der Waals surface area (Å²) in [4.78, 5) is 29.7. The van der Waals surface area contributed by atoms with Gasteiger partial charge in [0.1, 0.15) is 17.4 Å². The zero-order chi connectivity index (χ0) is 23.5. The Kier molecular flexibility index (Phi) is 6.73. The predicted octanol–water partition coefficient (Wildman–Crippen LogP) is 4.66. The third-order valence-electron chi connectivity index (χ3n) is 4.58. The van der Waals surface area contributed by atoms with E-state index in [1.807, 2.05) is 0 Å². The van der Waals surface area contributed by atoms with E-state index in [4.69, 9.17) is 9.47 Å². The van der Waals surface area contributed by atoms with Crippen molar-refractivity contribution >= 4 is 17.7 Å². The Morgan fingerprint density at radius 2 is 1.81 bits per heavy atom. The van der Waals surface area contributed by atoms with E-state index in [0.29, 0.717) is 31.6 Å². The average Bonchev–Trinajstić information content (AvgIpc) is 2.72. The van der Waals surface area contributed by atoms with E-state index < -0.39 is 29.3 Å². The summed E-state index contributed by atoms with van der Waals surface area (Å²) in [6.07, 6.45) is -4.65. The molecule has 0 unspecified atom stereocenters. The van der Waals surface area contributed by atoms with Gasteiger partial charge in [0, 0.05) is 18.4 Å². The van der Waals surface area contributed by atoms with E-state index in [0.717, 1.165) is 17.7 Å². The van der Waals surface area contributed by atoms with Crippen molar-refractivity contribution < 1.29 is 32.2 Å². The molecule has 32 heavy (non-hydrogen) atoms. The Hall–Kier alpha value is -3.14. The van der Waals surface area contributed by atoms with Crippen molar-refractivity contribution in [2.24, 2.45) is 0 Å². The molecule has 2 heterocycles. The standard InChI is InChI=1S/C22H24F3N3O4/c1-21(2,3)32-20(30)28-10-11-31-18(13-28)14-4-7-16(8-5-14)27-19(29)17-9-6-15(12-26-17)22(23,24)25/h4-9,12,18H,10-11,13H2,1-3H3,(H,27,29)/t18-/m1/s1. The summed E-state index contributed by atoms with van der Waals surface area (Å²) in [6, 6.07) is 8.62. The lowest BCUT2D eigenvalue weighted by atomic mass is 10.1. The molecule has 1 aromatic carbocycles. The highest BCUT2D eigenvalue weighted by atomic mass is 19.4. The van der Waals surface area contributed by atoms with E-state index in [1.165, 1.54) is 0 Å². The second-order valence-electron chi connectivity index (χ2n) is 8.29. The van der Waals surface area contributed by atoms with Gasteiger partial charge in [-0.1, -0.05) is 12.1 Å². The predicted molar refractivity (Wildman–Crippen MR) is 110 cm³/mol. The molecule has 1 aromatic heterocycles. The van der Waals surface area contributed by atoms with Crippen LogP contribution in [0.1, 0.15) is 48.5 Å². The number of nitrogens with one attached hydrogen (secondary N) is 1. The zero-order valence-corrected chi connectivity index (χ0v) is 17.9. The molecule has 2 aromatic rings. The van der Waals surface area contributed by atoms with Gasteiger partial charge in [-0.25, -0.2) is 4.79 Å². The van der Waals surface area contributed by atoms with Crippen LogP contribution in [0.3, 0.4) is 0 Å². The molecule has 0 spiro atoms. The number of amides is 2. The lowest BCUT2D eigenvalue weighted by Gasteiger charge is -2.34. The fraction of sp³-hybridized carbons (Fsp3) is 0.409. The first-order chi connectivity index (χ1) is 14.9. The van der Waals surface area contributed by atoms with Gasteiger partial charge in [-0.15, -0.1) is 0 Å². The van der Waals surface area contributed by atoms with Crippen LogP contribution in [-0.4, -0.2) is 47.2 Å². The summed E-state index contributed by atoms with van der Waals surface area (Å²) in [5, 5.41) is 2.59. The molecular weight excluding hydrogens is 427 g/mol. The van der Waals surface area contributed by atoms with Gasteiger partial charge >= 0.3 is 12.3 Å². The number of halogens is 3. The van der Waals surface area contributed by atoms with E-state index in [2.05, 4.69) is 10.3 Å². The molecule has 3 rings (SSSR count). The van der Waals surface area contributed by atoms with Crippen LogP contribution in [0, 0.1) is 0 Å². The van der Waals surface area contributed by atoms with Crippen molar-refractivity contribution in [3.8, 4) is 0 Å². The van der Waals surface area contributed by atoms with Crippen molar-refractivity contribution in [3.63, 3.8) is 0 Å². The number of alkyl halides is 3. The lowest BCUT2D eigenvalue weighted by molar-refractivity contribution is -0.137. The van der Waals surface area contributed by atoms with Gasteiger partial charge < -0.3 is 19.7 Å². The van der Waals surface area contributed by atoms with Crippen molar-refractivity contribution in [2.75, 3.05) is 25.0 Å². The highest BCUT2D eigenvalue weighted by molar-refractivity contribution is 6.02. The minimum absolute atomic E-state index is 0.134. The fourth-order valence-corrected chi connectivity index (χ4v) is 3.02. The number of ether oxygens (including phenoxy) is 2. The molecule has 0 saturated carbocycles. The number of anilines is 1. The van der Waals surface area contributed by atoms with Crippen LogP contribution in [0.4, 0.5) is 23.7 Å². The van der Waals surface area contributed by atoms with E-state index in [1.54, 1.807) is 49.9 Å². The van der Waals surface area contributed by atoms with Gasteiger partial charge in [0.2, 0.25) is 0 Å². The number of hydrogen-bond acceptors (Lipinski definition) is 5. The molecule has 1 aliphatic rings. The molecule has 0 radical (unpaired) electrons. The highest BCUT2D eigenvalue weighted by Gasteiger charge is 2.31. The molecular formula is C22H24F3N3O4. The molecule has 1 atom stereocenters. The first-order valence-corrected chi connectivity index (χ1v) is 9.96. The Morgan fingerprint density at radius 1 is 1.12 bits per heavy atom. The molecule has 172 valence electrons. The summed E-state index contributed by atoms with van der Waals surface area (Å²) in [7, 11) is 0. The van der Waals surface area contributed by atoms with E-state index >= 15 is 0 Å². The maximum atomic E-state index is 12.6. The van der Waals surface area contributed by atoms with Crippen LogP contribution in [0.15, 0.2) is 42.6 Å². The summed E-state index contributed by atoms with van der Waals surface area (Å²) in [5.74, 6) is -0.628. The van der Waals surface area contributed by atoms with Gasteiger partial charge in [0.15, 0.2) is 0 Å². The van der Waals surface area contributed by atoms with Crippen molar-refractivity contribution in [3.05, 3.63) is 59.4 Å². The first-order valence-electron chi connectivity index (χ1n) is 9.96. The Balaban J connectivity index is 1.61. The quantitative estimate of drug-likeness (QED) is 0.734. The van der Waals surface area contributed by atoms with Crippen molar-refractivity contribution in [1.82, 2.24) is 9.88 Å². The molecule has 0 bridgehead atoms. The van der Waals surface area contributed by atoms with Crippen LogP contribution in [-0.2, 0) is 15.7 Å². The third kappa shape index (κ3) is 6.19. The van der Waals surface area contributed by atoms with Crippen LogP contribution in [0.5, 0.6) is 0 Å². The van der Waals surface area contributed by atoms with Gasteiger partial charge in [0.25, 0.3) is 5.91 Å². The van der Waals surface area contributed by atoms with Crippen LogP contribution >= 0.6 is 0 Å². The SMILES string of the molecule is CC(C)(C)OC(=O)N1CCO[C@@H](c2ccc(NC(=O)c3ccc(C(F)(F)F)cn3)cc2)C1. The number of nitrogens with zero attached hydrogens (tertiary/aromatic N) is 2. The smallest absolute Gasteiger partial charge is 0.417 e. The lowest BCUT2D eigenvalue weighted by Crippen LogP contribution is -2.44. The number of pyridine rings is 1. The average molecular weight is 451 g/mol. The normalized spacial score (nSPS) is 17.1. The summed E-state index contributed by atoms with van der Waals surface area (Å²) < 4.78 is 49.0. The summed E-state index contributed by atoms with van der Waals surface area (Å²) >= 11 is 0. The topological polar surface area (TPSA) is 80.8 Å². The number of benzene rings is 1. The molecule has 0 aliphatic carbocycles. The second kappa shape index (κ2) is 9.15. The van der Waals surface area contributed by atoms with E-state index in [-0.39, 0.29) is 11.8 Å². The van der Waals surface area contributed by atoms with Crippen molar-refractivity contribution in [2.45, 2.75) is 38.7 Å². The Bertz CT molecular complexity index is 954. The molecule has 1 fully saturated rings. The number of hydrogen-bond donors (Lipinski definition) is 1. The first kappa shape index (κ1) is 23.5. The number of carbonyl (C=O) groups excluding carboxylic acids is 2. The zero-order valence-electron chi connectivity index (χ0n) is 17.9. The fourth-order valence-electron chi connectivity index (χ4n) is 3.02. The monoisotopic (exact) mass is 451 g/mol. The number of rotatable bonds is 3. The minimum atomic E-state index is -4.52. The van der Waals surface area contributed by atoms with Crippen LogP contribution in [0.2, 0.25) is 0 Å².